The third-order valence-electron chi connectivity index (χ3n) is 8.74. The molecule has 2 fully saturated rings. The van der Waals surface area contributed by atoms with Crippen molar-refractivity contribution in [1.29, 1.82) is 0 Å². The Morgan fingerprint density at radius 1 is 1.04 bits per heavy atom. The first kappa shape index (κ1) is 38.8. The highest BCUT2D eigenvalue weighted by molar-refractivity contribution is 7.13. The number of rotatable bonds is 20. The third kappa shape index (κ3) is 11.5. The van der Waals surface area contributed by atoms with Crippen LogP contribution in [0.15, 0.2) is 29.8 Å². The molecular weight excluding hydrogens is 648 g/mol. The number of likely N-dealkylation sites (tertiary alicyclic amines) is 1. The summed E-state index contributed by atoms with van der Waals surface area (Å²) < 4.78 is 22.4. The van der Waals surface area contributed by atoms with Gasteiger partial charge in [-0.3, -0.25) is 14.4 Å². The van der Waals surface area contributed by atoms with Crippen LogP contribution in [0, 0.1) is 17.8 Å². The fraction of sp³-hybridized carbons (Fsp3) is 0.657. The lowest BCUT2D eigenvalue weighted by molar-refractivity contribution is -0.145. The summed E-state index contributed by atoms with van der Waals surface area (Å²) in [7, 11) is 0. The largest absolute Gasteiger partial charge is 0.378 e. The molecular formula is C35H54N6O7S. The zero-order valence-electron chi connectivity index (χ0n) is 29.4. The van der Waals surface area contributed by atoms with Gasteiger partial charge >= 0.3 is 0 Å². The van der Waals surface area contributed by atoms with E-state index in [0.717, 1.165) is 34.8 Å². The fourth-order valence-corrected chi connectivity index (χ4v) is 6.69. The number of benzene rings is 1. The van der Waals surface area contributed by atoms with E-state index in [9.17, 15) is 14.4 Å². The van der Waals surface area contributed by atoms with Crippen molar-refractivity contribution in [3.63, 3.8) is 0 Å². The summed E-state index contributed by atoms with van der Waals surface area (Å²) in [5.41, 5.74) is 9.48. The molecule has 2 atom stereocenters. The predicted octanol–water partition coefficient (Wildman–Crippen LogP) is 1.87. The van der Waals surface area contributed by atoms with Gasteiger partial charge in [-0.1, -0.05) is 45.0 Å². The molecule has 0 bridgehead atoms. The molecule has 13 nitrogen and oxygen atoms in total. The van der Waals surface area contributed by atoms with Crippen molar-refractivity contribution in [2.75, 3.05) is 79.0 Å². The van der Waals surface area contributed by atoms with Crippen molar-refractivity contribution < 1.29 is 33.3 Å². The smallest absolute Gasteiger partial charge is 0.246 e. The molecule has 0 saturated carbocycles. The Morgan fingerprint density at radius 3 is 2.33 bits per heavy atom. The number of nitrogens with zero attached hydrogens (tertiary/aromatic N) is 2. The highest BCUT2D eigenvalue weighted by Crippen LogP contribution is 2.28. The number of hydrogen-bond donors (Lipinski definition) is 4. The van der Waals surface area contributed by atoms with Crippen LogP contribution < -0.4 is 21.7 Å². The van der Waals surface area contributed by atoms with Crippen LogP contribution in [0.5, 0.6) is 0 Å². The van der Waals surface area contributed by atoms with Gasteiger partial charge in [-0.15, -0.1) is 11.3 Å². The monoisotopic (exact) mass is 702 g/mol. The van der Waals surface area contributed by atoms with Crippen LogP contribution in [0.4, 0.5) is 0 Å². The molecule has 0 spiro atoms. The first-order chi connectivity index (χ1) is 23.5. The first-order valence-electron chi connectivity index (χ1n) is 17.1. The highest BCUT2D eigenvalue weighted by atomic mass is 32.1. The topological polar surface area (TPSA) is 166 Å². The number of nitrogens with two attached hydrogens (primary N) is 1. The van der Waals surface area contributed by atoms with Crippen LogP contribution in [0.25, 0.3) is 10.4 Å². The van der Waals surface area contributed by atoms with Gasteiger partial charge in [0.1, 0.15) is 18.7 Å². The van der Waals surface area contributed by atoms with E-state index >= 15 is 0 Å². The quantitative estimate of drug-likeness (QED) is 0.150. The van der Waals surface area contributed by atoms with Crippen LogP contribution in [0.3, 0.4) is 0 Å². The summed E-state index contributed by atoms with van der Waals surface area (Å²) in [6.07, 6.45) is 1.29. The second-order valence-corrected chi connectivity index (χ2v) is 14.8. The standard InChI is InChI=1S/C35H54N6O7S/c1-25-30(49-24-39-25)27-9-7-26(8-10-27)18-38-32(43)28-6-5-12-41(28)33(44)31(34(2,3)4)40-29(42)19-48-23-35(20-37-21-35)22-47-17-16-46-15-14-45-13-11-36/h7-10,24,28,31,37H,5-6,11-23,36H2,1-4H3,(H,38,43)(H,40,42)/t28-,31?/m0/s1. The van der Waals surface area contributed by atoms with E-state index in [1.165, 1.54) is 0 Å². The maximum Gasteiger partial charge on any atom is 0.246 e. The van der Waals surface area contributed by atoms with E-state index in [1.54, 1.807) is 16.2 Å². The average molecular weight is 703 g/mol. The maximum atomic E-state index is 13.9. The second kappa shape index (κ2) is 18.9. The molecule has 3 heterocycles. The van der Waals surface area contributed by atoms with Crippen molar-refractivity contribution in [2.24, 2.45) is 16.6 Å². The Labute approximate surface area is 294 Å². The molecule has 4 rings (SSSR count). The van der Waals surface area contributed by atoms with Gasteiger partial charge in [0.05, 0.1) is 62.3 Å². The molecule has 1 aromatic carbocycles. The Balaban J connectivity index is 1.21. The normalized spacial score (nSPS) is 17.8. The average Bonchev–Trinajstić information content (AvgIpc) is 3.73. The summed E-state index contributed by atoms with van der Waals surface area (Å²) in [4.78, 5) is 47.3. The minimum atomic E-state index is -0.817. The van der Waals surface area contributed by atoms with Crippen LogP contribution in [-0.4, -0.2) is 119 Å². The van der Waals surface area contributed by atoms with Gasteiger partial charge in [0.25, 0.3) is 0 Å². The molecule has 2 aromatic rings. The van der Waals surface area contributed by atoms with Crippen molar-refractivity contribution in [3.05, 3.63) is 41.0 Å². The lowest BCUT2D eigenvalue weighted by Gasteiger charge is -2.42. The Hall–Kier alpha value is -2.98. The second-order valence-electron chi connectivity index (χ2n) is 13.9. The van der Waals surface area contributed by atoms with Gasteiger partial charge in [-0.25, -0.2) is 4.98 Å². The molecule has 0 aliphatic carbocycles. The number of aromatic nitrogens is 1. The summed E-state index contributed by atoms with van der Waals surface area (Å²) in [6.45, 7) is 13.5. The molecule has 14 heteroatoms. The van der Waals surface area contributed by atoms with E-state index < -0.39 is 17.5 Å². The third-order valence-corrected chi connectivity index (χ3v) is 9.72. The molecule has 272 valence electrons. The number of hydrogen-bond acceptors (Lipinski definition) is 11. The molecule has 2 aliphatic rings. The van der Waals surface area contributed by atoms with Crippen molar-refractivity contribution in [2.45, 2.75) is 59.2 Å². The number of amides is 3. The van der Waals surface area contributed by atoms with Gasteiger partial charge in [0, 0.05) is 38.1 Å². The van der Waals surface area contributed by atoms with E-state index in [1.807, 2.05) is 57.5 Å². The van der Waals surface area contributed by atoms with Crippen LogP contribution >= 0.6 is 11.3 Å². The van der Waals surface area contributed by atoms with Gasteiger partial charge in [-0.05, 0) is 36.3 Å². The highest BCUT2D eigenvalue weighted by Gasteiger charge is 2.42. The number of aryl methyl sites for hydroxylation is 1. The van der Waals surface area contributed by atoms with E-state index in [4.69, 9.17) is 24.7 Å². The van der Waals surface area contributed by atoms with Gasteiger partial charge in [-0.2, -0.15) is 0 Å². The summed E-state index contributed by atoms with van der Waals surface area (Å²) in [5, 5.41) is 9.18. The molecule has 1 aromatic heterocycles. The minimum absolute atomic E-state index is 0.182. The Bertz CT molecular complexity index is 1340. The van der Waals surface area contributed by atoms with Crippen molar-refractivity contribution >= 4 is 29.1 Å². The van der Waals surface area contributed by atoms with Crippen LogP contribution in [-0.2, 0) is 39.9 Å². The fourth-order valence-electron chi connectivity index (χ4n) is 5.88. The summed E-state index contributed by atoms with van der Waals surface area (Å²) in [6, 6.07) is 6.65. The van der Waals surface area contributed by atoms with Gasteiger partial charge in [0.15, 0.2) is 0 Å². The van der Waals surface area contributed by atoms with Gasteiger partial charge < -0.3 is 45.5 Å². The van der Waals surface area contributed by atoms with E-state index in [-0.39, 0.29) is 29.7 Å². The Morgan fingerprint density at radius 2 is 1.71 bits per heavy atom. The van der Waals surface area contributed by atoms with E-state index in [2.05, 4.69) is 20.9 Å². The van der Waals surface area contributed by atoms with Crippen molar-refractivity contribution in [1.82, 2.24) is 25.8 Å². The number of carbonyl (C=O) groups excluding carboxylic acids is 3. The van der Waals surface area contributed by atoms with Gasteiger partial charge in [0.2, 0.25) is 17.7 Å². The number of nitrogens with one attached hydrogen (secondary N) is 3. The van der Waals surface area contributed by atoms with Crippen molar-refractivity contribution in [3.8, 4) is 10.4 Å². The lowest BCUT2D eigenvalue weighted by atomic mass is 9.83. The number of thiazole rings is 1. The maximum absolute atomic E-state index is 13.9. The molecule has 1 unspecified atom stereocenters. The molecule has 3 amide bonds. The first-order valence-corrected chi connectivity index (χ1v) is 18.0. The zero-order valence-corrected chi connectivity index (χ0v) is 30.2. The molecule has 5 N–H and O–H groups in total. The van der Waals surface area contributed by atoms with Crippen LogP contribution in [0.2, 0.25) is 0 Å². The SMILES string of the molecule is Cc1ncsc1-c1ccc(CNC(=O)[C@@H]2CCCN2C(=O)C(NC(=O)COCC2(COCCOCCOCCN)CNC2)C(C)(C)C)cc1. The summed E-state index contributed by atoms with van der Waals surface area (Å²) in [5.74, 6) is -0.830. The molecule has 0 radical (unpaired) electrons. The zero-order chi connectivity index (χ0) is 35.3. The minimum Gasteiger partial charge on any atom is -0.378 e. The molecule has 49 heavy (non-hydrogen) atoms. The number of ether oxygens (including phenoxy) is 4. The lowest BCUT2D eigenvalue weighted by Crippen LogP contribution is -2.59. The number of carbonyl (C=O) groups is 3. The van der Waals surface area contributed by atoms with E-state index in [0.29, 0.717) is 78.7 Å². The molecule has 2 saturated heterocycles. The van der Waals surface area contributed by atoms with Crippen LogP contribution in [0.1, 0.15) is 44.9 Å². The Kier molecular flexibility index (Phi) is 14.9. The predicted molar refractivity (Wildman–Crippen MR) is 188 cm³/mol. The summed E-state index contributed by atoms with van der Waals surface area (Å²) >= 11 is 1.60. The molecule has 2 aliphatic heterocycles.